The molecule has 4 heteroatoms. The van der Waals surface area contributed by atoms with Crippen LogP contribution in [0.1, 0.15) is 32.1 Å². The molecule has 2 fully saturated rings. The van der Waals surface area contributed by atoms with E-state index < -0.39 is 0 Å². The van der Waals surface area contributed by atoms with Crippen molar-refractivity contribution in [3.63, 3.8) is 0 Å². The van der Waals surface area contributed by atoms with Crippen molar-refractivity contribution in [3.05, 3.63) is 0 Å². The number of hydrogen-bond donors (Lipinski definition) is 2. The summed E-state index contributed by atoms with van der Waals surface area (Å²) in [5.41, 5.74) is -0.0267. The molecule has 1 aliphatic carbocycles. The van der Waals surface area contributed by atoms with Gasteiger partial charge < -0.3 is 15.3 Å². The second kappa shape index (κ2) is 6.33. The number of nitrogens with zero attached hydrogens (tertiary/aromatic N) is 2. The largest absolute Gasteiger partial charge is 0.394 e. The number of nitrogens with one attached hydrogen (secondary N) is 1. The summed E-state index contributed by atoms with van der Waals surface area (Å²) in [5.74, 6) is 0. The summed E-state index contributed by atoms with van der Waals surface area (Å²) in [7, 11) is 4.21. The van der Waals surface area contributed by atoms with Crippen LogP contribution in [-0.2, 0) is 0 Å². The maximum atomic E-state index is 9.67. The van der Waals surface area contributed by atoms with E-state index in [-0.39, 0.29) is 12.1 Å². The van der Waals surface area contributed by atoms with Crippen molar-refractivity contribution in [3.8, 4) is 0 Å². The van der Waals surface area contributed by atoms with Crippen molar-refractivity contribution in [2.75, 3.05) is 46.9 Å². The third-order valence-electron chi connectivity index (χ3n) is 4.92. The van der Waals surface area contributed by atoms with E-state index in [1.54, 1.807) is 0 Å². The third-order valence-corrected chi connectivity index (χ3v) is 4.92. The van der Waals surface area contributed by atoms with Gasteiger partial charge in [0.05, 0.1) is 6.61 Å². The Kier molecular flexibility index (Phi) is 5.01. The molecule has 2 N–H and O–H groups in total. The minimum absolute atomic E-state index is 0.0267. The highest BCUT2D eigenvalue weighted by Crippen LogP contribution is 2.31. The quantitative estimate of drug-likeness (QED) is 0.771. The van der Waals surface area contributed by atoms with Crippen molar-refractivity contribution in [1.29, 1.82) is 0 Å². The zero-order chi connectivity index (χ0) is 13.0. The molecule has 2 atom stereocenters. The normalized spacial score (nSPS) is 36.5. The van der Waals surface area contributed by atoms with E-state index in [4.69, 9.17) is 0 Å². The van der Waals surface area contributed by atoms with Gasteiger partial charge in [0.1, 0.15) is 0 Å². The molecule has 18 heavy (non-hydrogen) atoms. The molecule has 1 saturated heterocycles. The first-order valence-electron chi connectivity index (χ1n) is 7.41. The summed E-state index contributed by atoms with van der Waals surface area (Å²) in [5, 5.41) is 13.0. The molecular formula is C14H29N3O. The molecular weight excluding hydrogens is 226 g/mol. The monoisotopic (exact) mass is 255 g/mol. The molecule has 1 aliphatic heterocycles. The molecule has 2 aliphatic rings. The summed E-state index contributed by atoms with van der Waals surface area (Å²) >= 11 is 0. The Morgan fingerprint density at radius 1 is 1.22 bits per heavy atom. The Hall–Kier alpha value is -0.160. The minimum atomic E-state index is -0.0267. The average Bonchev–Trinajstić information content (AvgIpc) is 2.63. The number of likely N-dealkylation sites (N-methyl/N-ethyl adjacent to an activating group) is 2. The van der Waals surface area contributed by atoms with Gasteiger partial charge in [-0.1, -0.05) is 0 Å². The van der Waals surface area contributed by atoms with E-state index in [1.165, 1.54) is 45.4 Å². The van der Waals surface area contributed by atoms with Crippen LogP contribution in [0, 0.1) is 0 Å². The van der Waals surface area contributed by atoms with Crippen LogP contribution in [-0.4, -0.2) is 73.4 Å². The highest BCUT2D eigenvalue weighted by Gasteiger charge is 2.36. The fourth-order valence-corrected chi connectivity index (χ4v) is 3.52. The summed E-state index contributed by atoms with van der Waals surface area (Å²) in [6.07, 6.45) is 6.03. The Morgan fingerprint density at radius 2 is 2.06 bits per heavy atom. The lowest BCUT2D eigenvalue weighted by Crippen LogP contribution is -2.55. The van der Waals surface area contributed by atoms with Crippen LogP contribution in [0.2, 0.25) is 0 Å². The van der Waals surface area contributed by atoms with Crippen LogP contribution >= 0.6 is 0 Å². The first-order valence-corrected chi connectivity index (χ1v) is 7.41. The summed E-state index contributed by atoms with van der Waals surface area (Å²) in [6.45, 7) is 5.09. The van der Waals surface area contributed by atoms with Crippen LogP contribution < -0.4 is 5.32 Å². The first kappa shape index (κ1) is 14.3. The lowest BCUT2D eigenvalue weighted by atomic mass is 9.79. The fourth-order valence-electron chi connectivity index (χ4n) is 3.52. The summed E-state index contributed by atoms with van der Waals surface area (Å²) < 4.78 is 0. The van der Waals surface area contributed by atoms with E-state index in [2.05, 4.69) is 22.2 Å². The molecule has 106 valence electrons. The van der Waals surface area contributed by atoms with Crippen molar-refractivity contribution < 1.29 is 5.11 Å². The molecule has 0 radical (unpaired) electrons. The van der Waals surface area contributed by atoms with Gasteiger partial charge in [0, 0.05) is 24.7 Å². The Balaban J connectivity index is 1.95. The predicted molar refractivity (Wildman–Crippen MR) is 74.8 cm³/mol. The highest BCUT2D eigenvalue weighted by atomic mass is 16.3. The number of hydrogen-bond acceptors (Lipinski definition) is 4. The van der Waals surface area contributed by atoms with Gasteiger partial charge in [-0.05, 0) is 59.3 Å². The molecule has 0 amide bonds. The molecule has 4 nitrogen and oxygen atoms in total. The zero-order valence-electron chi connectivity index (χ0n) is 12.0. The SMILES string of the molecule is CNC1(CO)CCCC(N2CCCN(C)CC2)C1. The van der Waals surface area contributed by atoms with Crippen LogP contribution in [0.4, 0.5) is 0 Å². The first-order chi connectivity index (χ1) is 8.69. The fraction of sp³-hybridized carbons (Fsp3) is 1.00. The Bertz CT molecular complexity index is 255. The predicted octanol–water partition coefficient (Wildman–Crippen LogP) is 0.517. The molecule has 0 aromatic carbocycles. The molecule has 0 aromatic heterocycles. The van der Waals surface area contributed by atoms with Crippen LogP contribution in [0.5, 0.6) is 0 Å². The van der Waals surface area contributed by atoms with Gasteiger partial charge >= 0.3 is 0 Å². The van der Waals surface area contributed by atoms with Gasteiger partial charge in [-0.15, -0.1) is 0 Å². The second-order valence-corrected chi connectivity index (χ2v) is 6.13. The van der Waals surface area contributed by atoms with Gasteiger partial charge in [0.15, 0.2) is 0 Å². The van der Waals surface area contributed by atoms with Gasteiger partial charge in [0.2, 0.25) is 0 Å². The number of aliphatic hydroxyl groups is 1. The van der Waals surface area contributed by atoms with Crippen LogP contribution in [0.15, 0.2) is 0 Å². The lowest BCUT2D eigenvalue weighted by Gasteiger charge is -2.43. The van der Waals surface area contributed by atoms with E-state index in [0.29, 0.717) is 6.04 Å². The van der Waals surface area contributed by atoms with Crippen molar-refractivity contribution in [2.24, 2.45) is 0 Å². The molecule has 2 rings (SSSR count). The van der Waals surface area contributed by atoms with E-state index in [9.17, 15) is 5.11 Å². The van der Waals surface area contributed by atoms with Crippen molar-refractivity contribution in [2.45, 2.75) is 43.7 Å². The maximum absolute atomic E-state index is 9.67. The van der Waals surface area contributed by atoms with Crippen LogP contribution in [0.3, 0.4) is 0 Å². The van der Waals surface area contributed by atoms with E-state index >= 15 is 0 Å². The lowest BCUT2D eigenvalue weighted by molar-refractivity contribution is 0.0655. The molecule has 0 aromatic rings. The third kappa shape index (κ3) is 3.23. The molecule has 0 spiro atoms. The maximum Gasteiger partial charge on any atom is 0.0613 e. The smallest absolute Gasteiger partial charge is 0.0613 e. The topological polar surface area (TPSA) is 38.7 Å². The minimum Gasteiger partial charge on any atom is -0.394 e. The molecule has 1 saturated carbocycles. The average molecular weight is 255 g/mol. The summed E-state index contributed by atoms with van der Waals surface area (Å²) in [4.78, 5) is 5.09. The summed E-state index contributed by atoms with van der Waals surface area (Å²) in [6, 6.07) is 0.657. The van der Waals surface area contributed by atoms with Gasteiger partial charge in [-0.2, -0.15) is 0 Å². The standard InChI is InChI=1S/C14H29N3O/c1-15-14(12-18)6-3-5-13(11-14)17-8-4-7-16(2)9-10-17/h13,15,18H,3-12H2,1-2H3. The van der Waals surface area contributed by atoms with Crippen molar-refractivity contribution in [1.82, 2.24) is 15.1 Å². The molecule has 0 bridgehead atoms. The second-order valence-electron chi connectivity index (χ2n) is 6.13. The van der Waals surface area contributed by atoms with Crippen LogP contribution in [0.25, 0.3) is 0 Å². The van der Waals surface area contributed by atoms with E-state index in [1.807, 2.05) is 7.05 Å². The van der Waals surface area contributed by atoms with Gasteiger partial charge in [-0.25, -0.2) is 0 Å². The molecule has 2 unspecified atom stereocenters. The van der Waals surface area contributed by atoms with Gasteiger partial charge in [-0.3, -0.25) is 4.90 Å². The highest BCUT2D eigenvalue weighted by molar-refractivity contribution is 4.96. The number of rotatable bonds is 3. The Labute approximate surface area is 111 Å². The zero-order valence-corrected chi connectivity index (χ0v) is 12.0. The van der Waals surface area contributed by atoms with Crippen molar-refractivity contribution >= 4 is 0 Å². The molecule has 1 heterocycles. The number of aliphatic hydroxyl groups excluding tert-OH is 1. The van der Waals surface area contributed by atoms with Gasteiger partial charge in [0.25, 0.3) is 0 Å². The Morgan fingerprint density at radius 3 is 2.78 bits per heavy atom. The van der Waals surface area contributed by atoms with E-state index in [0.717, 1.165) is 12.8 Å².